The van der Waals surface area contributed by atoms with Gasteiger partial charge in [-0.3, -0.25) is 14.4 Å². The zero-order valence-electron chi connectivity index (χ0n) is 6.49. The molecule has 68 valence electrons. The third-order valence-corrected chi connectivity index (χ3v) is 1.82. The normalized spacial score (nSPS) is 19.8. The van der Waals surface area contributed by atoms with Crippen LogP contribution in [-0.4, -0.2) is 23.9 Å². The first-order valence-corrected chi connectivity index (χ1v) is 3.47. The SMILES string of the molecule is Cl.O=C1C=C2NCC(=O)C2=CC1=O. The van der Waals surface area contributed by atoms with Crippen molar-refractivity contribution in [2.24, 2.45) is 0 Å². The second-order valence-electron chi connectivity index (χ2n) is 2.62. The molecule has 0 aromatic carbocycles. The van der Waals surface area contributed by atoms with E-state index < -0.39 is 11.6 Å². The van der Waals surface area contributed by atoms with Crippen molar-refractivity contribution in [1.29, 1.82) is 0 Å². The minimum atomic E-state index is -0.620. The number of fused-ring (bicyclic) bond motifs is 1. The first-order chi connectivity index (χ1) is 5.68. The number of nitrogens with one attached hydrogen (secondary N) is 1. The van der Waals surface area contributed by atoms with Crippen LogP contribution in [0.4, 0.5) is 0 Å². The molecular weight excluding hydrogens is 194 g/mol. The predicted molar refractivity (Wildman–Crippen MR) is 46.4 cm³/mol. The summed E-state index contributed by atoms with van der Waals surface area (Å²) in [6, 6.07) is 0. The van der Waals surface area contributed by atoms with Crippen LogP contribution in [0.3, 0.4) is 0 Å². The first-order valence-electron chi connectivity index (χ1n) is 3.47. The van der Waals surface area contributed by atoms with Crippen molar-refractivity contribution in [1.82, 2.24) is 5.32 Å². The highest BCUT2D eigenvalue weighted by Crippen LogP contribution is 2.18. The first kappa shape index (κ1) is 9.67. The van der Waals surface area contributed by atoms with Gasteiger partial charge < -0.3 is 5.32 Å². The van der Waals surface area contributed by atoms with Gasteiger partial charge in [0.05, 0.1) is 6.54 Å². The molecule has 2 aliphatic rings. The molecule has 1 saturated heterocycles. The van der Waals surface area contributed by atoms with Gasteiger partial charge in [0.25, 0.3) is 0 Å². The zero-order valence-corrected chi connectivity index (χ0v) is 7.31. The van der Waals surface area contributed by atoms with Crippen molar-refractivity contribution < 1.29 is 14.4 Å². The summed E-state index contributed by atoms with van der Waals surface area (Å²) in [5.41, 5.74) is 0.809. The van der Waals surface area contributed by atoms with Crippen LogP contribution in [0.2, 0.25) is 0 Å². The van der Waals surface area contributed by atoms with Crippen molar-refractivity contribution in [3.63, 3.8) is 0 Å². The number of Topliss-reactive ketones (excluding diaryl/α,β-unsaturated/α-hetero) is 1. The average molecular weight is 200 g/mol. The minimum absolute atomic E-state index is 0. The van der Waals surface area contributed by atoms with Gasteiger partial charge in [-0.2, -0.15) is 0 Å². The molecule has 0 bridgehead atoms. The highest BCUT2D eigenvalue weighted by atomic mass is 35.5. The minimum Gasteiger partial charge on any atom is -0.377 e. The summed E-state index contributed by atoms with van der Waals surface area (Å²) >= 11 is 0. The van der Waals surface area contributed by atoms with Gasteiger partial charge in [-0.1, -0.05) is 0 Å². The molecule has 0 radical (unpaired) electrons. The Morgan fingerprint density at radius 3 is 2.38 bits per heavy atom. The van der Waals surface area contributed by atoms with Crippen LogP contribution in [-0.2, 0) is 14.4 Å². The number of ketones is 3. The van der Waals surface area contributed by atoms with Gasteiger partial charge in [0, 0.05) is 23.4 Å². The van der Waals surface area contributed by atoms with E-state index in [1.54, 1.807) is 0 Å². The van der Waals surface area contributed by atoms with Gasteiger partial charge in [0.1, 0.15) is 0 Å². The van der Waals surface area contributed by atoms with Gasteiger partial charge in [-0.25, -0.2) is 0 Å². The van der Waals surface area contributed by atoms with E-state index in [9.17, 15) is 14.4 Å². The lowest BCUT2D eigenvalue weighted by atomic mass is 10.0. The molecule has 0 amide bonds. The molecule has 0 atom stereocenters. The molecule has 0 aromatic rings. The Labute approximate surface area is 80.1 Å². The highest BCUT2D eigenvalue weighted by molar-refractivity contribution is 6.48. The molecule has 0 saturated carbocycles. The monoisotopic (exact) mass is 199 g/mol. The van der Waals surface area contributed by atoms with E-state index in [0.29, 0.717) is 11.3 Å². The fraction of sp³-hybridized carbons (Fsp3) is 0.125. The molecule has 13 heavy (non-hydrogen) atoms. The Kier molecular flexibility index (Phi) is 2.34. The smallest absolute Gasteiger partial charge is 0.227 e. The molecule has 1 aliphatic heterocycles. The molecule has 5 heteroatoms. The van der Waals surface area contributed by atoms with Crippen LogP contribution in [0, 0.1) is 0 Å². The molecule has 1 aliphatic carbocycles. The largest absolute Gasteiger partial charge is 0.377 e. The van der Waals surface area contributed by atoms with Crippen LogP contribution in [0.25, 0.3) is 0 Å². The van der Waals surface area contributed by atoms with Gasteiger partial charge >= 0.3 is 0 Å². The molecule has 0 spiro atoms. The predicted octanol–water partition coefficient (Wildman–Crippen LogP) is -0.457. The van der Waals surface area contributed by atoms with Crippen molar-refractivity contribution in [3.8, 4) is 0 Å². The number of halogens is 1. The van der Waals surface area contributed by atoms with E-state index in [0.717, 1.165) is 6.08 Å². The number of carbonyl (C=O) groups is 3. The lowest BCUT2D eigenvalue weighted by Gasteiger charge is -2.02. The molecule has 1 fully saturated rings. The summed E-state index contributed by atoms with van der Waals surface area (Å²) in [4.78, 5) is 32.7. The number of hydrogen-bond acceptors (Lipinski definition) is 4. The summed E-state index contributed by atoms with van der Waals surface area (Å²) in [5, 5.41) is 2.73. The molecule has 0 unspecified atom stereocenters. The second kappa shape index (κ2) is 3.14. The molecule has 1 heterocycles. The maximum absolute atomic E-state index is 11.0. The average Bonchev–Trinajstić information content (AvgIpc) is 2.35. The number of carbonyl (C=O) groups excluding carboxylic acids is 3. The number of hydrogen-bond donors (Lipinski definition) is 1. The molecule has 0 aromatic heterocycles. The standard InChI is InChI=1S/C8H5NO3.ClH/c10-6-1-4-5(2-7(6)11)9-3-8(4)12;/h1-2,9H,3H2;1H. The van der Waals surface area contributed by atoms with Crippen molar-refractivity contribution in [2.45, 2.75) is 0 Å². The zero-order chi connectivity index (χ0) is 8.72. The van der Waals surface area contributed by atoms with Gasteiger partial charge in [0.2, 0.25) is 11.6 Å². The Balaban J connectivity index is 0.000000845. The van der Waals surface area contributed by atoms with Crippen LogP contribution in [0.1, 0.15) is 0 Å². The summed E-state index contributed by atoms with van der Waals surface area (Å²) < 4.78 is 0. The van der Waals surface area contributed by atoms with Gasteiger partial charge in [-0.15, -0.1) is 12.4 Å². The van der Waals surface area contributed by atoms with E-state index in [4.69, 9.17) is 0 Å². The Bertz CT molecular complexity index is 368. The quantitative estimate of drug-likeness (QED) is 0.424. The number of allylic oxidation sites excluding steroid dienone is 3. The van der Waals surface area contributed by atoms with Crippen LogP contribution in [0.15, 0.2) is 23.4 Å². The highest BCUT2D eigenvalue weighted by Gasteiger charge is 2.28. The van der Waals surface area contributed by atoms with Crippen molar-refractivity contribution >= 4 is 29.8 Å². The summed E-state index contributed by atoms with van der Waals surface area (Å²) in [6.07, 6.45) is 2.27. The summed E-state index contributed by atoms with van der Waals surface area (Å²) in [5.74, 6) is -1.33. The Morgan fingerprint density at radius 1 is 1.08 bits per heavy atom. The van der Waals surface area contributed by atoms with Gasteiger partial charge in [-0.05, 0) is 0 Å². The molecular formula is C8H6ClNO3. The molecule has 1 N–H and O–H groups in total. The topological polar surface area (TPSA) is 63.2 Å². The lowest BCUT2D eigenvalue weighted by molar-refractivity contribution is -0.131. The maximum atomic E-state index is 11.0. The second-order valence-corrected chi connectivity index (χ2v) is 2.62. The number of rotatable bonds is 0. The van der Waals surface area contributed by atoms with E-state index in [2.05, 4.69) is 5.32 Å². The Hall–Kier alpha value is -1.42. The fourth-order valence-corrected chi connectivity index (χ4v) is 1.21. The van der Waals surface area contributed by atoms with Crippen molar-refractivity contribution in [3.05, 3.63) is 23.4 Å². The maximum Gasteiger partial charge on any atom is 0.227 e. The van der Waals surface area contributed by atoms with Gasteiger partial charge in [0.15, 0.2) is 5.78 Å². The van der Waals surface area contributed by atoms with Crippen LogP contribution >= 0.6 is 12.4 Å². The van der Waals surface area contributed by atoms with E-state index in [1.165, 1.54) is 6.08 Å². The molecule has 4 nitrogen and oxygen atoms in total. The lowest BCUT2D eigenvalue weighted by Crippen LogP contribution is -2.17. The van der Waals surface area contributed by atoms with Crippen molar-refractivity contribution in [2.75, 3.05) is 6.54 Å². The summed E-state index contributed by atoms with van der Waals surface area (Å²) in [6.45, 7) is 0.179. The fourth-order valence-electron chi connectivity index (χ4n) is 1.21. The van der Waals surface area contributed by atoms with Crippen LogP contribution in [0.5, 0.6) is 0 Å². The molecule has 2 rings (SSSR count). The van der Waals surface area contributed by atoms with E-state index >= 15 is 0 Å². The Morgan fingerprint density at radius 2 is 1.69 bits per heavy atom. The summed E-state index contributed by atoms with van der Waals surface area (Å²) in [7, 11) is 0. The van der Waals surface area contributed by atoms with E-state index in [1.807, 2.05) is 0 Å². The third-order valence-electron chi connectivity index (χ3n) is 1.82. The van der Waals surface area contributed by atoms with Crippen LogP contribution < -0.4 is 5.32 Å². The third kappa shape index (κ3) is 1.40. The van der Waals surface area contributed by atoms with E-state index in [-0.39, 0.29) is 24.7 Å².